The van der Waals surface area contributed by atoms with Crippen LogP contribution in [0.5, 0.6) is 11.5 Å². The van der Waals surface area contributed by atoms with E-state index in [1.54, 1.807) is 38.5 Å². The van der Waals surface area contributed by atoms with Crippen LogP contribution in [-0.2, 0) is 0 Å². The van der Waals surface area contributed by atoms with Crippen molar-refractivity contribution in [2.75, 3.05) is 19.5 Å². The highest BCUT2D eigenvalue weighted by molar-refractivity contribution is 6.30. The number of ether oxygens (including phenoxy) is 2. The molecular formula is C15H13ClN2O2. The van der Waals surface area contributed by atoms with Gasteiger partial charge in [0.1, 0.15) is 17.6 Å². The maximum absolute atomic E-state index is 9.13. The molecule has 2 aromatic carbocycles. The average molecular weight is 289 g/mol. The van der Waals surface area contributed by atoms with Gasteiger partial charge in [-0.25, -0.2) is 0 Å². The van der Waals surface area contributed by atoms with Crippen molar-refractivity contribution in [1.82, 2.24) is 0 Å². The van der Waals surface area contributed by atoms with E-state index < -0.39 is 0 Å². The molecule has 0 bridgehead atoms. The van der Waals surface area contributed by atoms with Crippen molar-refractivity contribution in [3.63, 3.8) is 0 Å². The largest absolute Gasteiger partial charge is 0.497 e. The van der Waals surface area contributed by atoms with E-state index in [2.05, 4.69) is 11.4 Å². The van der Waals surface area contributed by atoms with Crippen LogP contribution in [0.4, 0.5) is 11.4 Å². The van der Waals surface area contributed by atoms with Gasteiger partial charge in [0, 0.05) is 11.1 Å². The molecule has 0 atom stereocenters. The molecule has 0 unspecified atom stereocenters. The third-order valence-electron chi connectivity index (χ3n) is 2.78. The predicted molar refractivity (Wildman–Crippen MR) is 79.0 cm³/mol. The van der Waals surface area contributed by atoms with E-state index in [0.717, 1.165) is 5.69 Å². The molecule has 0 heterocycles. The van der Waals surface area contributed by atoms with Gasteiger partial charge in [0.25, 0.3) is 0 Å². The van der Waals surface area contributed by atoms with Crippen LogP contribution in [0.15, 0.2) is 36.4 Å². The molecular weight excluding hydrogens is 276 g/mol. The van der Waals surface area contributed by atoms with Crippen molar-refractivity contribution in [1.29, 1.82) is 5.26 Å². The highest BCUT2D eigenvalue weighted by atomic mass is 35.5. The molecule has 0 aliphatic rings. The van der Waals surface area contributed by atoms with Crippen molar-refractivity contribution >= 4 is 23.0 Å². The number of hydrogen-bond donors (Lipinski definition) is 1. The topological polar surface area (TPSA) is 54.3 Å². The van der Waals surface area contributed by atoms with Gasteiger partial charge in [-0.15, -0.1) is 0 Å². The second-order valence-corrected chi connectivity index (χ2v) is 4.43. The number of benzene rings is 2. The van der Waals surface area contributed by atoms with Gasteiger partial charge in [-0.05, 0) is 30.3 Å². The van der Waals surface area contributed by atoms with E-state index in [4.69, 9.17) is 26.3 Å². The zero-order chi connectivity index (χ0) is 14.5. The number of anilines is 2. The first kappa shape index (κ1) is 14.0. The van der Waals surface area contributed by atoms with Crippen LogP contribution in [0.1, 0.15) is 5.56 Å². The first-order valence-electron chi connectivity index (χ1n) is 5.86. The summed E-state index contributed by atoms with van der Waals surface area (Å²) >= 11 is 5.88. The normalized spacial score (nSPS) is 9.70. The molecule has 2 aromatic rings. The Bertz CT molecular complexity index is 665. The molecule has 2 rings (SSSR count). The predicted octanol–water partition coefficient (Wildman–Crippen LogP) is 3.97. The first-order chi connectivity index (χ1) is 9.67. The highest BCUT2D eigenvalue weighted by Crippen LogP contribution is 2.32. The smallest absolute Gasteiger partial charge is 0.145 e. The lowest BCUT2D eigenvalue weighted by atomic mass is 10.2. The standard InChI is InChI=1S/C15H13ClN2O2/c1-19-12-4-6-14(15(8-12)20-2)18-13-5-3-11(16)7-10(13)9-17/h3-8,18H,1-2H3. The number of halogens is 1. The Balaban J connectivity index is 2.37. The fourth-order valence-electron chi connectivity index (χ4n) is 1.76. The summed E-state index contributed by atoms with van der Waals surface area (Å²) in [5.74, 6) is 1.33. The molecule has 102 valence electrons. The minimum Gasteiger partial charge on any atom is -0.497 e. The Morgan fingerprint density at radius 1 is 1.05 bits per heavy atom. The molecule has 0 fully saturated rings. The zero-order valence-corrected chi connectivity index (χ0v) is 11.9. The van der Waals surface area contributed by atoms with E-state index in [-0.39, 0.29) is 0 Å². The molecule has 0 saturated heterocycles. The Labute approximate surface area is 122 Å². The summed E-state index contributed by atoms with van der Waals surface area (Å²) in [4.78, 5) is 0. The summed E-state index contributed by atoms with van der Waals surface area (Å²) in [6, 6.07) is 12.6. The number of nitrogens with zero attached hydrogens (tertiary/aromatic N) is 1. The van der Waals surface area contributed by atoms with Gasteiger partial charge in [-0.2, -0.15) is 5.26 Å². The van der Waals surface area contributed by atoms with Crippen LogP contribution in [0.3, 0.4) is 0 Å². The van der Waals surface area contributed by atoms with Crippen LogP contribution in [0.25, 0.3) is 0 Å². The molecule has 0 aromatic heterocycles. The Kier molecular flexibility index (Phi) is 4.34. The number of hydrogen-bond acceptors (Lipinski definition) is 4. The quantitative estimate of drug-likeness (QED) is 0.925. The minimum atomic E-state index is 0.468. The lowest BCUT2D eigenvalue weighted by Gasteiger charge is -2.13. The highest BCUT2D eigenvalue weighted by Gasteiger charge is 2.08. The van der Waals surface area contributed by atoms with Gasteiger partial charge in [0.15, 0.2) is 0 Å². The summed E-state index contributed by atoms with van der Waals surface area (Å²) in [6.07, 6.45) is 0. The molecule has 20 heavy (non-hydrogen) atoms. The molecule has 4 nitrogen and oxygen atoms in total. The summed E-state index contributed by atoms with van der Waals surface area (Å²) in [5.41, 5.74) is 1.88. The molecule has 0 spiro atoms. The third kappa shape index (κ3) is 2.95. The maximum Gasteiger partial charge on any atom is 0.145 e. The van der Waals surface area contributed by atoms with Gasteiger partial charge in [0.05, 0.1) is 31.2 Å². The van der Waals surface area contributed by atoms with E-state index >= 15 is 0 Å². The lowest BCUT2D eigenvalue weighted by Crippen LogP contribution is -1.97. The monoisotopic (exact) mass is 288 g/mol. The average Bonchev–Trinajstić information content (AvgIpc) is 2.49. The Hall–Kier alpha value is -2.38. The van der Waals surface area contributed by atoms with Crippen LogP contribution in [0.2, 0.25) is 5.02 Å². The Morgan fingerprint density at radius 3 is 2.45 bits per heavy atom. The number of rotatable bonds is 4. The fraction of sp³-hybridized carbons (Fsp3) is 0.133. The summed E-state index contributed by atoms with van der Waals surface area (Å²) in [6.45, 7) is 0. The van der Waals surface area contributed by atoms with Crippen molar-refractivity contribution < 1.29 is 9.47 Å². The van der Waals surface area contributed by atoms with E-state index in [1.807, 2.05) is 12.1 Å². The van der Waals surface area contributed by atoms with E-state index in [0.29, 0.717) is 27.8 Å². The minimum absolute atomic E-state index is 0.468. The van der Waals surface area contributed by atoms with Crippen molar-refractivity contribution in [2.24, 2.45) is 0 Å². The third-order valence-corrected chi connectivity index (χ3v) is 3.02. The molecule has 0 aliphatic carbocycles. The second kappa shape index (κ2) is 6.18. The van der Waals surface area contributed by atoms with Gasteiger partial charge < -0.3 is 14.8 Å². The van der Waals surface area contributed by atoms with Crippen molar-refractivity contribution in [3.8, 4) is 17.6 Å². The van der Waals surface area contributed by atoms with Crippen LogP contribution in [0, 0.1) is 11.3 Å². The summed E-state index contributed by atoms with van der Waals surface area (Å²) in [7, 11) is 3.17. The molecule has 0 saturated carbocycles. The molecule has 5 heteroatoms. The molecule has 0 amide bonds. The van der Waals surface area contributed by atoms with Crippen LogP contribution >= 0.6 is 11.6 Å². The molecule has 0 radical (unpaired) electrons. The summed E-state index contributed by atoms with van der Waals surface area (Å²) in [5, 5.41) is 12.8. The fourth-order valence-corrected chi connectivity index (χ4v) is 1.94. The van der Waals surface area contributed by atoms with E-state index in [9.17, 15) is 0 Å². The Morgan fingerprint density at radius 2 is 1.80 bits per heavy atom. The summed E-state index contributed by atoms with van der Waals surface area (Å²) < 4.78 is 10.5. The van der Waals surface area contributed by atoms with Gasteiger partial charge in [0.2, 0.25) is 0 Å². The number of nitrogens with one attached hydrogen (secondary N) is 1. The SMILES string of the molecule is COc1ccc(Nc2ccc(Cl)cc2C#N)c(OC)c1. The van der Waals surface area contributed by atoms with Crippen LogP contribution < -0.4 is 14.8 Å². The van der Waals surface area contributed by atoms with Gasteiger partial charge in [-0.3, -0.25) is 0 Å². The van der Waals surface area contributed by atoms with Crippen LogP contribution in [-0.4, -0.2) is 14.2 Å². The van der Waals surface area contributed by atoms with Gasteiger partial charge in [-0.1, -0.05) is 11.6 Å². The lowest BCUT2D eigenvalue weighted by molar-refractivity contribution is 0.395. The zero-order valence-electron chi connectivity index (χ0n) is 11.1. The number of methoxy groups -OCH3 is 2. The van der Waals surface area contributed by atoms with Gasteiger partial charge >= 0.3 is 0 Å². The maximum atomic E-state index is 9.13. The first-order valence-corrected chi connectivity index (χ1v) is 6.24. The number of nitriles is 1. The molecule has 1 N–H and O–H groups in total. The van der Waals surface area contributed by atoms with Crippen molar-refractivity contribution in [3.05, 3.63) is 47.0 Å². The molecule has 0 aliphatic heterocycles. The van der Waals surface area contributed by atoms with Crippen molar-refractivity contribution in [2.45, 2.75) is 0 Å². The second-order valence-electron chi connectivity index (χ2n) is 3.99. The van der Waals surface area contributed by atoms with E-state index in [1.165, 1.54) is 0 Å².